The second kappa shape index (κ2) is 13.9. The minimum absolute atomic E-state index is 0.186. The zero-order valence-electron chi connectivity index (χ0n) is 21.7. The van der Waals surface area contributed by atoms with E-state index >= 15 is 0 Å². The molecule has 2 atom stereocenters. The third-order valence-corrected chi connectivity index (χ3v) is 5.39. The van der Waals surface area contributed by atoms with Gasteiger partial charge in [-0.2, -0.15) is 0 Å². The summed E-state index contributed by atoms with van der Waals surface area (Å²) in [5.41, 5.74) is 2.45. The number of amides is 2. The molecule has 3 aromatic rings. The van der Waals surface area contributed by atoms with E-state index in [0.29, 0.717) is 12.8 Å². The van der Waals surface area contributed by atoms with Crippen LogP contribution in [-0.4, -0.2) is 29.9 Å². The second-order valence-corrected chi connectivity index (χ2v) is 9.83. The molecule has 2 unspecified atom stereocenters. The first-order valence-corrected chi connectivity index (χ1v) is 12.5. The Morgan fingerprint density at radius 3 is 1.51 bits per heavy atom. The summed E-state index contributed by atoms with van der Waals surface area (Å²) in [5.74, 6) is 0. The van der Waals surface area contributed by atoms with Crippen LogP contribution in [0.2, 0.25) is 0 Å². The summed E-state index contributed by atoms with van der Waals surface area (Å²) in [4.78, 5) is 25.2. The molecule has 6 nitrogen and oxygen atoms in total. The molecule has 0 aliphatic carbocycles. The van der Waals surface area contributed by atoms with Gasteiger partial charge in [0.2, 0.25) is 0 Å². The van der Waals surface area contributed by atoms with Crippen LogP contribution in [0.5, 0.6) is 0 Å². The number of hydrogen-bond acceptors (Lipinski definition) is 4. The van der Waals surface area contributed by atoms with Crippen LogP contribution < -0.4 is 10.6 Å². The Balaban J connectivity index is 1.73. The average Bonchev–Trinajstić information content (AvgIpc) is 2.86. The fourth-order valence-electron chi connectivity index (χ4n) is 3.71. The number of hydrogen-bond donors (Lipinski definition) is 2. The van der Waals surface area contributed by atoms with E-state index in [2.05, 4.69) is 10.6 Å². The zero-order chi connectivity index (χ0) is 26.5. The van der Waals surface area contributed by atoms with E-state index < -0.39 is 17.8 Å². The van der Waals surface area contributed by atoms with Crippen LogP contribution in [-0.2, 0) is 28.9 Å². The molecule has 0 aliphatic rings. The fourth-order valence-corrected chi connectivity index (χ4v) is 3.71. The number of nitrogens with one attached hydrogen (secondary N) is 2. The SMILES string of the molecule is CC(C)(C)OC(=O)NC(C=CC(Cc1ccccc1)NC(=O)OCc1ccccc1)Cc1ccccc1. The van der Waals surface area contributed by atoms with Gasteiger partial charge in [0.15, 0.2) is 0 Å². The number of carbonyl (C=O) groups is 2. The number of benzene rings is 3. The van der Waals surface area contributed by atoms with Gasteiger partial charge in [0.1, 0.15) is 12.2 Å². The Morgan fingerprint density at radius 1 is 0.676 bits per heavy atom. The highest BCUT2D eigenvalue weighted by Gasteiger charge is 2.19. The van der Waals surface area contributed by atoms with Crippen LogP contribution in [0.4, 0.5) is 9.59 Å². The Hall–Kier alpha value is -4.06. The van der Waals surface area contributed by atoms with Crippen molar-refractivity contribution in [2.75, 3.05) is 0 Å². The van der Waals surface area contributed by atoms with Crippen molar-refractivity contribution in [2.45, 2.75) is 57.9 Å². The Morgan fingerprint density at radius 2 is 1.08 bits per heavy atom. The maximum atomic E-state index is 12.6. The van der Waals surface area contributed by atoms with Crippen molar-refractivity contribution in [1.29, 1.82) is 0 Å². The third-order valence-electron chi connectivity index (χ3n) is 5.39. The molecule has 194 valence electrons. The highest BCUT2D eigenvalue weighted by atomic mass is 16.6. The molecule has 0 saturated carbocycles. The molecule has 0 heterocycles. The summed E-state index contributed by atoms with van der Waals surface area (Å²) in [6.07, 6.45) is 3.96. The summed E-state index contributed by atoms with van der Waals surface area (Å²) in [6, 6.07) is 28.7. The molecule has 3 rings (SSSR count). The molecule has 2 amide bonds. The molecule has 6 heteroatoms. The Labute approximate surface area is 219 Å². The molecule has 0 aromatic heterocycles. The molecule has 0 saturated heterocycles. The molecule has 0 fully saturated rings. The first-order valence-electron chi connectivity index (χ1n) is 12.5. The van der Waals surface area contributed by atoms with Gasteiger partial charge in [-0.1, -0.05) is 103 Å². The van der Waals surface area contributed by atoms with E-state index in [-0.39, 0.29) is 18.7 Å². The Bertz CT molecular complexity index is 1130. The zero-order valence-corrected chi connectivity index (χ0v) is 21.7. The summed E-state index contributed by atoms with van der Waals surface area (Å²) in [7, 11) is 0. The molecule has 0 bridgehead atoms. The van der Waals surface area contributed by atoms with Gasteiger partial charge in [-0.3, -0.25) is 0 Å². The quantitative estimate of drug-likeness (QED) is 0.324. The van der Waals surface area contributed by atoms with Crippen LogP contribution in [0, 0.1) is 0 Å². The Kier molecular flexibility index (Phi) is 10.3. The monoisotopic (exact) mass is 500 g/mol. The average molecular weight is 501 g/mol. The van der Waals surface area contributed by atoms with Crippen molar-refractivity contribution in [1.82, 2.24) is 10.6 Å². The van der Waals surface area contributed by atoms with E-state index in [1.165, 1.54) is 0 Å². The normalized spacial score (nSPS) is 12.9. The maximum Gasteiger partial charge on any atom is 0.408 e. The maximum absolute atomic E-state index is 12.6. The minimum atomic E-state index is -0.606. The van der Waals surface area contributed by atoms with Crippen molar-refractivity contribution < 1.29 is 19.1 Å². The van der Waals surface area contributed by atoms with E-state index in [1.807, 2.05) is 124 Å². The smallest absolute Gasteiger partial charge is 0.408 e. The molecule has 0 spiro atoms. The number of rotatable bonds is 10. The molecule has 2 N–H and O–H groups in total. The molecule has 37 heavy (non-hydrogen) atoms. The van der Waals surface area contributed by atoms with Crippen molar-refractivity contribution in [3.05, 3.63) is 120 Å². The molecular formula is C31H36N2O4. The van der Waals surface area contributed by atoms with E-state index in [9.17, 15) is 9.59 Å². The van der Waals surface area contributed by atoms with Gasteiger partial charge >= 0.3 is 12.2 Å². The molecule has 0 radical (unpaired) electrons. The first-order chi connectivity index (χ1) is 17.8. The highest BCUT2D eigenvalue weighted by molar-refractivity contribution is 5.69. The molecule has 0 aliphatic heterocycles. The summed E-state index contributed by atoms with van der Waals surface area (Å²) in [5, 5.41) is 5.90. The van der Waals surface area contributed by atoms with Gasteiger partial charge in [-0.15, -0.1) is 0 Å². The summed E-state index contributed by atoms with van der Waals surface area (Å²) >= 11 is 0. The summed E-state index contributed by atoms with van der Waals surface area (Å²) < 4.78 is 10.9. The molecule has 3 aromatic carbocycles. The van der Waals surface area contributed by atoms with Gasteiger partial charge in [0.05, 0.1) is 12.1 Å². The highest BCUT2D eigenvalue weighted by Crippen LogP contribution is 2.11. The van der Waals surface area contributed by atoms with Gasteiger partial charge in [0, 0.05) is 0 Å². The minimum Gasteiger partial charge on any atom is -0.445 e. The number of ether oxygens (including phenoxy) is 2. The van der Waals surface area contributed by atoms with Crippen molar-refractivity contribution in [2.24, 2.45) is 0 Å². The summed E-state index contributed by atoms with van der Waals surface area (Å²) in [6.45, 7) is 5.67. The predicted octanol–water partition coefficient (Wildman–Crippen LogP) is 6.22. The van der Waals surface area contributed by atoms with Crippen molar-refractivity contribution >= 4 is 12.2 Å². The molecular weight excluding hydrogens is 464 g/mol. The van der Waals surface area contributed by atoms with Crippen LogP contribution in [0.3, 0.4) is 0 Å². The van der Waals surface area contributed by atoms with Crippen LogP contribution in [0.15, 0.2) is 103 Å². The van der Waals surface area contributed by atoms with Gasteiger partial charge in [-0.25, -0.2) is 9.59 Å². The van der Waals surface area contributed by atoms with Gasteiger partial charge in [0.25, 0.3) is 0 Å². The fraction of sp³-hybridized carbons (Fsp3) is 0.290. The van der Waals surface area contributed by atoms with Crippen molar-refractivity contribution in [3.63, 3.8) is 0 Å². The lowest BCUT2D eigenvalue weighted by Crippen LogP contribution is -2.40. The van der Waals surface area contributed by atoms with Gasteiger partial charge < -0.3 is 20.1 Å². The van der Waals surface area contributed by atoms with Crippen LogP contribution in [0.25, 0.3) is 0 Å². The number of alkyl carbamates (subject to hydrolysis) is 2. The van der Waals surface area contributed by atoms with E-state index in [0.717, 1.165) is 16.7 Å². The third kappa shape index (κ3) is 11.0. The standard InChI is InChI=1S/C31H36N2O4/c1-31(2,3)37-30(35)33-28(22-25-15-9-5-10-16-25)20-19-27(21-24-13-7-4-8-14-24)32-29(34)36-23-26-17-11-6-12-18-26/h4-20,27-28H,21-23H2,1-3H3,(H,32,34)(H,33,35). The van der Waals surface area contributed by atoms with Crippen molar-refractivity contribution in [3.8, 4) is 0 Å². The number of carbonyl (C=O) groups excluding carboxylic acids is 2. The lowest BCUT2D eigenvalue weighted by atomic mass is 10.0. The predicted molar refractivity (Wildman–Crippen MR) is 146 cm³/mol. The second-order valence-electron chi connectivity index (χ2n) is 9.83. The van der Waals surface area contributed by atoms with Gasteiger partial charge in [-0.05, 0) is 50.3 Å². The van der Waals surface area contributed by atoms with Crippen LogP contribution >= 0.6 is 0 Å². The van der Waals surface area contributed by atoms with Crippen LogP contribution in [0.1, 0.15) is 37.5 Å². The topological polar surface area (TPSA) is 76.7 Å². The van der Waals surface area contributed by atoms with E-state index in [4.69, 9.17) is 9.47 Å². The lowest BCUT2D eigenvalue weighted by Gasteiger charge is -2.23. The first kappa shape index (κ1) is 27.5. The lowest BCUT2D eigenvalue weighted by molar-refractivity contribution is 0.0514. The largest absolute Gasteiger partial charge is 0.445 e. The van der Waals surface area contributed by atoms with E-state index in [1.54, 1.807) is 0 Å².